The van der Waals surface area contributed by atoms with Gasteiger partial charge in [-0.15, -0.1) is 5.48 Å². The summed E-state index contributed by atoms with van der Waals surface area (Å²) < 4.78 is 29.2. The molecule has 0 aliphatic carbocycles. The van der Waals surface area contributed by atoms with Crippen molar-refractivity contribution in [2.75, 3.05) is 6.61 Å². The van der Waals surface area contributed by atoms with Crippen molar-refractivity contribution in [3.63, 3.8) is 0 Å². The average molecular weight is 639 g/mol. The molecule has 19 heteroatoms. The molecule has 0 aromatic heterocycles. The lowest BCUT2D eigenvalue weighted by Crippen LogP contribution is -2.73. The van der Waals surface area contributed by atoms with Crippen LogP contribution in [0.1, 0.15) is 34.6 Å². The highest BCUT2D eigenvalue weighted by molar-refractivity contribution is 5.80. The van der Waals surface area contributed by atoms with Crippen molar-refractivity contribution >= 4 is 24.2 Å². The Morgan fingerprint density at radius 2 is 1.55 bits per heavy atom. The highest BCUT2D eigenvalue weighted by atomic mass is 16.7. The van der Waals surface area contributed by atoms with Crippen LogP contribution in [0.2, 0.25) is 0 Å². The van der Waals surface area contributed by atoms with Crippen molar-refractivity contribution in [2.45, 2.75) is 120 Å². The number of ether oxygens (including phenoxy) is 5. The first-order chi connectivity index (χ1) is 20.5. The summed E-state index contributed by atoms with van der Waals surface area (Å²) in [5.74, 6) is -3.12. The normalized spacial score (nSPS) is 44.3. The van der Waals surface area contributed by atoms with E-state index in [0.717, 1.165) is 6.92 Å². The monoisotopic (exact) mass is 638 g/mol. The Morgan fingerprint density at radius 3 is 2.09 bits per heavy atom. The number of primary amides is 1. The number of carbonyl (C=O) groups is 4. The van der Waals surface area contributed by atoms with Crippen molar-refractivity contribution in [3.05, 3.63) is 0 Å². The second-order valence-electron chi connectivity index (χ2n) is 11.3. The molecule has 3 amide bonds. The fraction of sp³-hybridized carbons (Fsp3) is 0.840. The Hall–Kier alpha value is -2.56. The first-order valence-corrected chi connectivity index (χ1v) is 13.9. The van der Waals surface area contributed by atoms with Crippen molar-refractivity contribution < 1.29 is 73.2 Å². The number of amides is 3. The van der Waals surface area contributed by atoms with Gasteiger partial charge in [0.15, 0.2) is 24.9 Å². The van der Waals surface area contributed by atoms with Crippen LogP contribution in [-0.2, 0) is 47.7 Å². The molecule has 0 aromatic carbocycles. The standard InChI is InChI=1S/C25H42N4O15/c1-8-14(34)16(36)22(28-11(4)33)44-23(8)43-18-12(6-30)41-24(13(15(18)35)27-10(3)32)42-17-9(2)40-20(21(26)37)25(5,38)19(17)29-39-7-31/h7-9,12-20,22-24,29-30,34-36,38H,6H2,1-5H3,(H2,26,37)(H,27,32)(H,28,33). The second kappa shape index (κ2) is 14.7. The Kier molecular flexibility index (Phi) is 12.0. The largest absolute Gasteiger partial charge is 0.394 e. The minimum atomic E-state index is -2.12. The summed E-state index contributed by atoms with van der Waals surface area (Å²) in [4.78, 5) is 51.4. The third-order valence-corrected chi connectivity index (χ3v) is 7.86. The zero-order chi connectivity index (χ0) is 33.1. The Bertz CT molecular complexity index is 1040. The van der Waals surface area contributed by atoms with Crippen LogP contribution in [0.4, 0.5) is 0 Å². The van der Waals surface area contributed by atoms with Gasteiger partial charge in [0.1, 0.15) is 48.2 Å². The number of nitrogens with one attached hydrogen (secondary N) is 3. The zero-order valence-electron chi connectivity index (χ0n) is 24.8. The van der Waals surface area contributed by atoms with Crippen LogP contribution >= 0.6 is 0 Å². The summed E-state index contributed by atoms with van der Waals surface area (Å²) in [6.07, 6.45) is -15.6. The van der Waals surface area contributed by atoms with E-state index in [1.54, 1.807) is 0 Å². The number of hydroxylamine groups is 1. The molecule has 3 aliphatic rings. The van der Waals surface area contributed by atoms with Crippen molar-refractivity contribution in [1.29, 1.82) is 0 Å². The number of nitrogens with two attached hydrogens (primary N) is 1. The highest BCUT2D eigenvalue weighted by Crippen LogP contribution is 2.36. The van der Waals surface area contributed by atoms with Crippen LogP contribution in [0.25, 0.3) is 0 Å². The van der Waals surface area contributed by atoms with E-state index in [2.05, 4.69) is 21.0 Å². The quantitative estimate of drug-likeness (QED) is 0.0754. The summed E-state index contributed by atoms with van der Waals surface area (Å²) in [6.45, 7) is 5.71. The maximum Gasteiger partial charge on any atom is 0.312 e. The number of aliphatic hydroxyl groups excluding tert-OH is 4. The number of hydrogen-bond donors (Lipinski definition) is 9. The number of aliphatic hydroxyl groups is 5. The van der Waals surface area contributed by atoms with Gasteiger partial charge < -0.3 is 70.4 Å². The van der Waals surface area contributed by atoms with Crippen LogP contribution in [0, 0.1) is 5.92 Å². The highest BCUT2D eigenvalue weighted by Gasteiger charge is 2.58. The summed E-state index contributed by atoms with van der Waals surface area (Å²) in [6, 6.07) is -2.77. The molecule has 0 aromatic rings. The predicted molar refractivity (Wildman–Crippen MR) is 141 cm³/mol. The van der Waals surface area contributed by atoms with Gasteiger partial charge in [0, 0.05) is 19.8 Å². The molecule has 0 radical (unpaired) electrons. The topological polar surface area (TPSA) is 287 Å². The SMILES string of the molecule is CC(=O)NC1OC(OC2C(CO)OC(OC3C(C)OC(C(N)=O)C(C)(O)C3NOC=O)C(NC(C)=O)C2O)C(C)C(O)C1O. The molecule has 0 bridgehead atoms. The van der Waals surface area contributed by atoms with Gasteiger partial charge in [0.25, 0.3) is 0 Å². The third-order valence-electron chi connectivity index (χ3n) is 7.86. The molecular weight excluding hydrogens is 596 g/mol. The average Bonchev–Trinajstić information content (AvgIpc) is 2.93. The van der Waals surface area contributed by atoms with Crippen molar-refractivity contribution in [2.24, 2.45) is 11.7 Å². The summed E-state index contributed by atoms with van der Waals surface area (Å²) in [5.41, 5.74) is 5.58. The predicted octanol–water partition coefficient (Wildman–Crippen LogP) is -5.41. The molecule has 15 atom stereocenters. The third kappa shape index (κ3) is 7.62. The molecule has 44 heavy (non-hydrogen) atoms. The van der Waals surface area contributed by atoms with E-state index in [9.17, 15) is 44.7 Å². The van der Waals surface area contributed by atoms with E-state index in [1.807, 2.05) is 0 Å². The fourth-order valence-corrected chi connectivity index (χ4v) is 5.55. The first kappa shape index (κ1) is 35.9. The van der Waals surface area contributed by atoms with E-state index >= 15 is 0 Å². The molecular formula is C25H42N4O15. The van der Waals surface area contributed by atoms with E-state index in [4.69, 9.17) is 29.4 Å². The Morgan fingerprint density at radius 1 is 0.932 bits per heavy atom. The van der Waals surface area contributed by atoms with Gasteiger partial charge in [-0.1, -0.05) is 6.92 Å². The Balaban J connectivity index is 1.90. The molecule has 252 valence electrons. The molecule has 3 heterocycles. The van der Waals surface area contributed by atoms with Crippen LogP contribution in [0.3, 0.4) is 0 Å². The van der Waals surface area contributed by atoms with Crippen LogP contribution < -0.4 is 21.8 Å². The van der Waals surface area contributed by atoms with Gasteiger partial charge >= 0.3 is 6.47 Å². The summed E-state index contributed by atoms with van der Waals surface area (Å²) in [7, 11) is 0. The molecule has 3 rings (SSSR count). The first-order valence-electron chi connectivity index (χ1n) is 13.9. The lowest BCUT2D eigenvalue weighted by molar-refractivity contribution is -0.351. The minimum Gasteiger partial charge on any atom is -0.394 e. The van der Waals surface area contributed by atoms with E-state index < -0.39 is 116 Å². The molecule has 10 N–H and O–H groups in total. The van der Waals surface area contributed by atoms with Crippen molar-refractivity contribution in [1.82, 2.24) is 16.1 Å². The maximum atomic E-state index is 12.2. The molecule has 3 saturated heterocycles. The molecule has 3 fully saturated rings. The summed E-state index contributed by atoms with van der Waals surface area (Å²) in [5, 5.41) is 58.5. The maximum absolute atomic E-state index is 12.2. The number of rotatable bonds is 11. The van der Waals surface area contributed by atoms with Crippen molar-refractivity contribution in [3.8, 4) is 0 Å². The van der Waals surface area contributed by atoms with Gasteiger partial charge in [-0.2, -0.15) is 0 Å². The number of hydrogen-bond acceptors (Lipinski definition) is 16. The molecule has 0 saturated carbocycles. The second-order valence-corrected chi connectivity index (χ2v) is 11.3. The zero-order valence-corrected chi connectivity index (χ0v) is 24.8. The molecule has 3 aliphatic heterocycles. The van der Waals surface area contributed by atoms with Gasteiger partial charge in [0.2, 0.25) is 17.7 Å². The smallest absolute Gasteiger partial charge is 0.312 e. The fourth-order valence-electron chi connectivity index (χ4n) is 5.55. The van der Waals surface area contributed by atoms with Gasteiger partial charge in [-0.05, 0) is 13.8 Å². The lowest BCUT2D eigenvalue weighted by atomic mass is 9.81. The van der Waals surface area contributed by atoms with Crippen LogP contribution in [-0.4, -0.2) is 142 Å². The van der Waals surface area contributed by atoms with Gasteiger partial charge in [-0.3, -0.25) is 19.2 Å². The van der Waals surface area contributed by atoms with Gasteiger partial charge in [-0.25, -0.2) is 0 Å². The number of carbonyl (C=O) groups excluding carboxylic acids is 4. The molecule has 15 unspecified atom stereocenters. The van der Waals surface area contributed by atoms with Gasteiger partial charge in [0.05, 0.1) is 18.8 Å². The Labute approximate surface area is 252 Å². The summed E-state index contributed by atoms with van der Waals surface area (Å²) >= 11 is 0. The van der Waals surface area contributed by atoms with E-state index in [0.29, 0.717) is 0 Å². The van der Waals surface area contributed by atoms with E-state index in [-0.39, 0.29) is 6.47 Å². The molecule has 19 nitrogen and oxygen atoms in total. The van der Waals surface area contributed by atoms with Crippen LogP contribution in [0.15, 0.2) is 0 Å². The van der Waals surface area contributed by atoms with Crippen LogP contribution in [0.5, 0.6) is 0 Å². The van der Waals surface area contributed by atoms with E-state index in [1.165, 1.54) is 27.7 Å². The molecule has 0 spiro atoms. The lowest BCUT2D eigenvalue weighted by Gasteiger charge is -2.51. The minimum absolute atomic E-state index is 0.0258.